The number of carbonyl (C=O) groups is 2. The molecular weight excluding hydrogens is 362 g/mol. The monoisotopic (exact) mass is 375 g/mol. The van der Waals surface area contributed by atoms with E-state index in [-0.39, 0.29) is 22.9 Å². The molecule has 1 aromatic heterocycles. The van der Waals surface area contributed by atoms with Crippen molar-refractivity contribution in [2.75, 3.05) is 4.90 Å². The van der Waals surface area contributed by atoms with E-state index in [0.29, 0.717) is 11.3 Å². The minimum atomic E-state index is -0.562. The molecule has 0 radical (unpaired) electrons. The molecule has 2 aromatic carbocycles. The fraction of sp³-hybridized carbons (Fsp3) is 0. The number of anilines is 1. The van der Waals surface area contributed by atoms with Crippen molar-refractivity contribution in [2.24, 2.45) is 0 Å². The molecule has 8 nitrogen and oxygen atoms in total. The van der Waals surface area contributed by atoms with E-state index in [1.807, 2.05) is 0 Å². The molecular formula is C20H13N3O5. The number of urea groups is 1. The highest BCUT2D eigenvalue weighted by Gasteiger charge is 2.35. The van der Waals surface area contributed by atoms with Gasteiger partial charge in [-0.2, -0.15) is 0 Å². The second-order valence-electron chi connectivity index (χ2n) is 5.94. The number of hydrogen-bond acceptors (Lipinski definition) is 5. The molecule has 1 saturated heterocycles. The highest BCUT2D eigenvalue weighted by molar-refractivity contribution is 6.28. The number of nitrogens with one attached hydrogen (secondary N) is 1. The number of furan rings is 1. The molecule has 0 spiro atoms. The lowest BCUT2D eigenvalue weighted by Gasteiger charge is -2.10. The van der Waals surface area contributed by atoms with Crippen molar-refractivity contribution >= 4 is 29.4 Å². The lowest BCUT2D eigenvalue weighted by molar-refractivity contribution is -0.384. The molecule has 3 amide bonds. The predicted octanol–water partition coefficient (Wildman–Crippen LogP) is 3.95. The van der Waals surface area contributed by atoms with Crippen LogP contribution in [0.5, 0.6) is 0 Å². The first-order valence-corrected chi connectivity index (χ1v) is 8.30. The third-order valence-electron chi connectivity index (χ3n) is 4.17. The number of nitrogens with zero attached hydrogens (tertiary/aromatic N) is 2. The SMILES string of the molecule is O=C1N/C(=C\c2ccc(-c3ccccc3[N+](=O)[O-])o2)C(=O)N1c1ccccc1. The molecule has 8 heteroatoms. The normalized spacial score (nSPS) is 15.1. The van der Waals surface area contributed by atoms with E-state index in [9.17, 15) is 19.7 Å². The van der Waals surface area contributed by atoms with Gasteiger partial charge in [0.15, 0.2) is 0 Å². The zero-order valence-corrected chi connectivity index (χ0v) is 14.4. The van der Waals surface area contributed by atoms with Gasteiger partial charge in [-0.1, -0.05) is 30.3 Å². The van der Waals surface area contributed by atoms with E-state index < -0.39 is 16.9 Å². The fourth-order valence-corrected chi connectivity index (χ4v) is 2.91. The molecule has 1 N–H and O–H groups in total. The largest absolute Gasteiger partial charge is 0.456 e. The average Bonchev–Trinajstić information content (AvgIpc) is 3.27. The maximum atomic E-state index is 12.6. The molecule has 3 aromatic rings. The first-order valence-electron chi connectivity index (χ1n) is 8.30. The Morgan fingerprint density at radius 3 is 2.43 bits per heavy atom. The van der Waals surface area contributed by atoms with Crippen LogP contribution in [0.15, 0.2) is 76.8 Å². The van der Waals surface area contributed by atoms with Gasteiger partial charge in [-0.3, -0.25) is 14.9 Å². The lowest BCUT2D eigenvalue weighted by atomic mass is 10.1. The highest BCUT2D eigenvalue weighted by atomic mass is 16.6. The summed E-state index contributed by atoms with van der Waals surface area (Å²) in [6.07, 6.45) is 1.39. The molecule has 4 rings (SSSR count). The summed E-state index contributed by atoms with van der Waals surface area (Å²) in [7, 11) is 0. The predicted molar refractivity (Wildman–Crippen MR) is 101 cm³/mol. The van der Waals surface area contributed by atoms with E-state index >= 15 is 0 Å². The van der Waals surface area contributed by atoms with Gasteiger partial charge < -0.3 is 9.73 Å². The number of imide groups is 1. The fourth-order valence-electron chi connectivity index (χ4n) is 2.91. The van der Waals surface area contributed by atoms with E-state index in [1.165, 1.54) is 12.1 Å². The number of hydrogen-bond donors (Lipinski definition) is 1. The first-order chi connectivity index (χ1) is 13.5. The third kappa shape index (κ3) is 3.03. The van der Waals surface area contributed by atoms with Crippen LogP contribution in [0.25, 0.3) is 17.4 Å². The highest BCUT2D eigenvalue weighted by Crippen LogP contribution is 2.31. The van der Waals surface area contributed by atoms with E-state index in [0.717, 1.165) is 4.90 Å². The van der Waals surface area contributed by atoms with Gasteiger partial charge in [-0.05, 0) is 30.3 Å². The average molecular weight is 375 g/mol. The summed E-state index contributed by atoms with van der Waals surface area (Å²) < 4.78 is 5.64. The minimum absolute atomic E-state index is 0.0531. The maximum Gasteiger partial charge on any atom is 0.333 e. The van der Waals surface area contributed by atoms with Crippen molar-refractivity contribution in [3.63, 3.8) is 0 Å². The second-order valence-corrected chi connectivity index (χ2v) is 5.94. The number of benzene rings is 2. The molecule has 138 valence electrons. The van der Waals surface area contributed by atoms with Crippen LogP contribution < -0.4 is 10.2 Å². The number of rotatable bonds is 4. The Morgan fingerprint density at radius 2 is 1.68 bits per heavy atom. The number of para-hydroxylation sites is 2. The zero-order valence-electron chi connectivity index (χ0n) is 14.4. The molecule has 0 bridgehead atoms. The van der Waals surface area contributed by atoms with Crippen LogP contribution in [0, 0.1) is 10.1 Å². The number of carbonyl (C=O) groups excluding carboxylic acids is 2. The summed E-state index contributed by atoms with van der Waals surface area (Å²) in [6, 6.07) is 17.3. The Balaban J connectivity index is 1.64. The van der Waals surface area contributed by atoms with E-state index in [1.54, 1.807) is 60.7 Å². The van der Waals surface area contributed by atoms with E-state index in [4.69, 9.17) is 4.42 Å². The Hall–Kier alpha value is -4.20. The minimum Gasteiger partial charge on any atom is -0.456 e. The van der Waals surface area contributed by atoms with Gasteiger partial charge in [0, 0.05) is 12.1 Å². The summed E-state index contributed by atoms with van der Waals surface area (Å²) in [6.45, 7) is 0. The summed E-state index contributed by atoms with van der Waals surface area (Å²) >= 11 is 0. The standard InChI is InChI=1S/C20H13N3O5/c24-19-16(21-20(25)22(19)13-6-2-1-3-7-13)12-14-10-11-18(28-14)15-8-4-5-9-17(15)23(26)27/h1-12H,(H,21,25)/b16-12-. The lowest BCUT2D eigenvalue weighted by Crippen LogP contribution is -2.30. The van der Waals surface area contributed by atoms with Gasteiger partial charge >= 0.3 is 6.03 Å². The van der Waals surface area contributed by atoms with Crippen LogP contribution in [-0.4, -0.2) is 16.9 Å². The van der Waals surface area contributed by atoms with Crippen LogP contribution >= 0.6 is 0 Å². The number of nitro benzene ring substituents is 1. The van der Waals surface area contributed by atoms with Gasteiger partial charge in [0.2, 0.25) is 0 Å². The third-order valence-corrected chi connectivity index (χ3v) is 4.17. The molecule has 0 unspecified atom stereocenters. The molecule has 2 heterocycles. The van der Waals surface area contributed by atoms with Crippen molar-refractivity contribution in [1.29, 1.82) is 0 Å². The molecule has 0 atom stereocenters. The van der Waals surface area contributed by atoms with Gasteiger partial charge in [0.25, 0.3) is 11.6 Å². The maximum absolute atomic E-state index is 12.6. The van der Waals surface area contributed by atoms with Crippen molar-refractivity contribution in [3.8, 4) is 11.3 Å². The zero-order chi connectivity index (χ0) is 19.7. The molecule has 28 heavy (non-hydrogen) atoms. The van der Waals surface area contributed by atoms with E-state index in [2.05, 4.69) is 5.32 Å². The van der Waals surface area contributed by atoms with Crippen molar-refractivity contribution < 1.29 is 18.9 Å². The number of amides is 3. The molecule has 0 aliphatic carbocycles. The number of nitro groups is 1. The van der Waals surface area contributed by atoms with Crippen LogP contribution in [0.3, 0.4) is 0 Å². The van der Waals surface area contributed by atoms with Crippen molar-refractivity contribution in [1.82, 2.24) is 5.32 Å². The second kappa shape index (κ2) is 6.84. The Morgan fingerprint density at radius 1 is 0.964 bits per heavy atom. The summed E-state index contributed by atoms with van der Waals surface area (Å²) in [4.78, 5) is 36.5. The summed E-state index contributed by atoms with van der Waals surface area (Å²) in [5.74, 6) is 0.0578. The van der Waals surface area contributed by atoms with Crippen LogP contribution in [0.4, 0.5) is 16.2 Å². The molecule has 0 saturated carbocycles. The summed E-state index contributed by atoms with van der Waals surface area (Å²) in [5.41, 5.74) is 0.743. The van der Waals surface area contributed by atoms with Gasteiger partial charge in [0.05, 0.1) is 16.2 Å². The quantitative estimate of drug-likeness (QED) is 0.322. The molecule has 1 aliphatic rings. The summed E-state index contributed by atoms with van der Waals surface area (Å²) in [5, 5.41) is 13.7. The first kappa shape index (κ1) is 17.2. The van der Waals surface area contributed by atoms with Crippen molar-refractivity contribution in [3.05, 3.63) is 88.3 Å². The smallest absolute Gasteiger partial charge is 0.333 e. The molecule has 1 fully saturated rings. The Kier molecular flexibility index (Phi) is 4.21. The van der Waals surface area contributed by atoms with Gasteiger partial charge in [-0.25, -0.2) is 9.69 Å². The van der Waals surface area contributed by atoms with Crippen LogP contribution in [0.1, 0.15) is 5.76 Å². The van der Waals surface area contributed by atoms with Gasteiger partial charge in [-0.15, -0.1) is 0 Å². The Bertz CT molecular complexity index is 1120. The van der Waals surface area contributed by atoms with Crippen LogP contribution in [0.2, 0.25) is 0 Å². The van der Waals surface area contributed by atoms with Crippen LogP contribution in [-0.2, 0) is 4.79 Å². The van der Waals surface area contributed by atoms with Crippen molar-refractivity contribution in [2.45, 2.75) is 0 Å². The molecule has 1 aliphatic heterocycles. The topological polar surface area (TPSA) is 106 Å². The Labute approximate surface area is 158 Å². The van der Waals surface area contributed by atoms with Gasteiger partial charge in [0.1, 0.15) is 17.2 Å².